The number of nitrogens with zero attached hydrogens (tertiary/aromatic N) is 1. The van der Waals surface area contributed by atoms with E-state index in [1.165, 1.54) is 17.3 Å². The van der Waals surface area contributed by atoms with Gasteiger partial charge < -0.3 is 5.32 Å². The molecule has 5 nitrogen and oxygen atoms in total. The smallest absolute Gasteiger partial charge is 0.318 e. The molecule has 2 rings (SSSR count). The van der Waals surface area contributed by atoms with Gasteiger partial charge >= 0.3 is 11.8 Å². The highest BCUT2D eigenvalue weighted by molar-refractivity contribution is 6.39. The molecule has 27 heavy (non-hydrogen) atoms. The maximum atomic E-state index is 11.9. The summed E-state index contributed by atoms with van der Waals surface area (Å²) in [5.74, 6) is -1.16. The van der Waals surface area contributed by atoms with Crippen LogP contribution in [0.5, 0.6) is 0 Å². The predicted molar refractivity (Wildman–Crippen MR) is 110 cm³/mol. The van der Waals surface area contributed by atoms with E-state index >= 15 is 0 Å². The summed E-state index contributed by atoms with van der Waals surface area (Å²) in [6, 6.07) is 15.3. The molecule has 0 aromatic heterocycles. The van der Waals surface area contributed by atoms with Crippen LogP contribution in [-0.4, -0.2) is 18.0 Å². The van der Waals surface area contributed by atoms with Crippen LogP contribution in [0.25, 0.3) is 0 Å². The molecule has 2 N–H and O–H groups in total. The van der Waals surface area contributed by atoms with Gasteiger partial charge in [-0.25, -0.2) is 5.43 Å². The summed E-state index contributed by atoms with van der Waals surface area (Å²) in [4.78, 5) is 23.8. The molecule has 0 saturated heterocycles. The molecule has 0 aliphatic rings. The lowest BCUT2D eigenvalue weighted by molar-refractivity contribution is -0.136. The standard InChI is InChI=1S/C22H27N3O2/c1-15(2)17-8-12-19(13-9-17)24-20(26)21(27)25-23-14-16-6-10-18(11-7-16)22(3,4)5/h6-15H,1-5H3,(H,24,26)(H,25,27). The fraction of sp³-hybridized carbons (Fsp3) is 0.318. The van der Waals surface area contributed by atoms with Crippen molar-refractivity contribution in [3.63, 3.8) is 0 Å². The number of rotatable bonds is 4. The predicted octanol–water partition coefficient (Wildman–Crippen LogP) is 4.20. The molecule has 0 saturated carbocycles. The van der Waals surface area contributed by atoms with Crippen molar-refractivity contribution in [1.82, 2.24) is 5.43 Å². The Morgan fingerprint density at radius 2 is 1.52 bits per heavy atom. The molecule has 5 heteroatoms. The number of carbonyl (C=O) groups is 2. The first-order valence-electron chi connectivity index (χ1n) is 9.01. The Hall–Kier alpha value is -2.95. The molecule has 0 atom stereocenters. The van der Waals surface area contributed by atoms with Gasteiger partial charge in [0.25, 0.3) is 0 Å². The molecule has 0 radical (unpaired) electrons. The summed E-state index contributed by atoms with van der Waals surface area (Å²) >= 11 is 0. The van der Waals surface area contributed by atoms with E-state index in [1.54, 1.807) is 12.1 Å². The third kappa shape index (κ3) is 6.06. The third-order valence-electron chi connectivity index (χ3n) is 4.20. The van der Waals surface area contributed by atoms with Crippen molar-refractivity contribution in [3.05, 3.63) is 65.2 Å². The van der Waals surface area contributed by atoms with Gasteiger partial charge in [0, 0.05) is 5.69 Å². The van der Waals surface area contributed by atoms with E-state index in [0.717, 1.165) is 5.56 Å². The average molecular weight is 365 g/mol. The molecule has 0 aliphatic heterocycles. The van der Waals surface area contributed by atoms with E-state index in [9.17, 15) is 9.59 Å². The molecule has 2 aromatic carbocycles. The zero-order chi connectivity index (χ0) is 20.0. The molecule has 2 aromatic rings. The first-order valence-corrected chi connectivity index (χ1v) is 9.01. The maximum Gasteiger partial charge on any atom is 0.329 e. The van der Waals surface area contributed by atoms with E-state index in [2.05, 4.69) is 50.5 Å². The Morgan fingerprint density at radius 3 is 2.04 bits per heavy atom. The van der Waals surface area contributed by atoms with Gasteiger partial charge in [-0.2, -0.15) is 5.10 Å². The van der Waals surface area contributed by atoms with Gasteiger partial charge in [0.15, 0.2) is 0 Å². The number of benzene rings is 2. The highest BCUT2D eigenvalue weighted by atomic mass is 16.2. The number of anilines is 1. The first kappa shape index (κ1) is 20.4. The van der Waals surface area contributed by atoms with E-state index in [4.69, 9.17) is 0 Å². The van der Waals surface area contributed by atoms with Crippen LogP contribution in [0.4, 0.5) is 5.69 Å². The molecular weight excluding hydrogens is 338 g/mol. The molecule has 0 heterocycles. The second kappa shape index (κ2) is 8.62. The summed E-state index contributed by atoms with van der Waals surface area (Å²) in [6.07, 6.45) is 1.51. The van der Waals surface area contributed by atoms with Crippen LogP contribution in [0.15, 0.2) is 53.6 Å². The van der Waals surface area contributed by atoms with Crippen LogP contribution in [-0.2, 0) is 15.0 Å². The normalized spacial score (nSPS) is 11.6. The van der Waals surface area contributed by atoms with Gasteiger partial charge in [-0.15, -0.1) is 0 Å². The van der Waals surface area contributed by atoms with E-state index < -0.39 is 11.8 Å². The zero-order valence-electron chi connectivity index (χ0n) is 16.5. The van der Waals surface area contributed by atoms with Crippen molar-refractivity contribution in [3.8, 4) is 0 Å². The number of nitrogens with one attached hydrogen (secondary N) is 2. The van der Waals surface area contributed by atoms with E-state index in [0.29, 0.717) is 11.6 Å². The zero-order valence-corrected chi connectivity index (χ0v) is 16.5. The van der Waals surface area contributed by atoms with Gasteiger partial charge in [0.1, 0.15) is 0 Å². The molecule has 142 valence electrons. The van der Waals surface area contributed by atoms with Crippen LogP contribution < -0.4 is 10.7 Å². The first-order chi connectivity index (χ1) is 12.7. The van der Waals surface area contributed by atoms with Crippen molar-refractivity contribution in [2.75, 3.05) is 5.32 Å². The highest BCUT2D eigenvalue weighted by Crippen LogP contribution is 2.21. The Labute approximate surface area is 160 Å². The monoisotopic (exact) mass is 365 g/mol. The molecule has 2 amide bonds. The topological polar surface area (TPSA) is 70.6 Å². The van der Waals surface area contributed by atoms with Crippen LogP contribution in [0, 0.1) is 0 Å². The van der Waals surface area contributed by atoms with Gasteiger partial charge in [-0.05, 0) is 40.2 Å². The van der Waals surface area contributed by atoms with E-state index in [1.807, 2.05) is 36.4 Å². The van der Waals surface area contributed by atoms with Gasteiger partial charge in [0.05, 0.1) is 6.21 Å². The molecular formula is C22H27N3O2. The van der Waals surface area contributed by atoms with Crippen LogP contribution in [0.2, 0.25) is 0 Å². The minimum atomic E-state index is -0.814. The number of amides is 2. The van der Waals surface area contributed by atoms with Crippen molar-refractivity contribution in [2.24, 2.45) is 5.10 Å². The Balaban J connectivity index is 1.89. The average Bonchev–Trinajstić information content (AvgIpc) is 2.61. The fourth-order valence-corrected chi connectivity index (χ4v) is 2.42. The molecule has 0 fully saturated rings. The summed E-state index contributed by atoms with van der Waals surface area (Å²) in [5, 5.41) is 6.40. The summed E-state index contributed by atoms with van der Waals surface area (Å²) in [7, 11) is 0. The molecule has 0 unspecified atom stereocenters. The highest BCUT2D eigenvalue weighted by Gasteiger charge is 2.14. The van der Waals surface area contributed by atoms with Crippen LogP contribution >= 0.6 is 0 Å². The number of carbonyl (C=O) groups excluding carboxylic acids is 2. The van der Waals surface area contributed by atoms with Gasteiger partial charge in [-0.3, -0.25) is 9.59 Å². The number of hydrogen-bond donors (Lipinski definition) is 2. The van der Waals surface area contributed by atoms with Crippen molar-refractivity contribution in [1.29, 1.82) is 0 Å². The maximum absolute atomic E-state index is 11.9. The van der Waals surface area contributed by atoms with Crippen LogP contribution in [0.3, 0.4) is 0 Å². The quantitative estimate of drug-likeness (QED) is 0.484. The summed E-state index contributed by atoms with van der Waals surface area (Å²) < 4.78 is 0. The third-order valence-corrected chi connectivity index (χ3v) is 4.20. The minimum absolute atomic E-state index is 0.0787. The molecule has 0 aliphatic carbocycles. The van der Waals surface area contributed by atoms with Crippen molar-refractivity contribution in [2.45, 2.75) is 46.0 Å². The van der Waals surface area contributed by atoms with Crippen LogP contribution in [0.1, 0.15) is 57.2 Å². The minimum Gasteiger partial charge on any atom is -0.318 e. The number of hydrazone groups is 1. The van der Waals surface area contributed by atoms with Crippen molar-refractivity contribution < 1.29 is 9.59 Å². The Bertz CT molecular complexity index is 814. The SMILES string of the molecule is CC(C)c1ccc(NC(=O)C(=O)NN=Cc2ccc(C(C)(C)C)cc2)cc1. The lowest BCUT2D eigenvalue weighted by atomic mass is 9.87. The van der Waals surface area contributed by atoms with Crippen molar-refractivity contribution >= 4 is 23.7 Å². The second-order valence-electron chi connectivity index (χ2n) is 7.80. The lowest BCUT2D eigenvalue weighted by Crippen LogP contribution is -2.32. The molecule has 0 bridgehead atoms. The largest absolute Gasteiger partial charge is 0.329 e. The number of hydrogen-bond acceptors (Lipinski definition) is 3. The second-order valence-corrected chi connectivity index (χ2v) is 7.80. The summed E-state index contributed by atoms with van der Waals surface area (Å²) in [6.45, 7) is 10.6. The Kier molecular flexibility index (Phi) is 6.50. The molecule has 0 spiro atoms. The van der Waals surface area contributed by atoms with E-state index in [-0.39, 0.29) is 5.41 Å². The Morgan fingerprint density at radius 1 is 0.926 bits per heavy atom. The van der Waals surface area contributed by atoms with Gasteiger partial charge in [-0.1, -0.05) is 71.0 Å². The lowest BCUT2D eigenvalue weighted by Gasteiger charge is -2.18. The van der Waals surface area contributed by atoms with Gasteiger partial charge in [0.2, 0.25) is 0 Å². The fourth-order valence-electron chi connectivity index (χ4n) is 2.42. The summed E-state index contributed by atoms with van der Waals surface area (Å²) in [5.41, 5.74) is 6.11.